The summed E-state index contributed by atoms with van der Waals surface area (Å²) in [7, 11) is 1.63. The minimum absolute atomic E-state index is 0.169. The van der Waals surface area contributed by atoms with E-state index >= 15 is 0 Å². The molecule has 9 nitrogen and oxygen atoms in total. The van der Waals surface area contributed by atoms with Crippen molar-refractivity contribution in [3.8, 4) is 0 Å². The highest BCUT2D eigenvalue weighted by molar-refractivity contribution is 5.84. The Bertz CT molecular complexity index is 583. The van der Waals surface area contributed by atoms with Crippen LogP contribution in [0.3, 0.4) is 0 Å². The standard InChI is InChI=1S/C11H17N7O2/c1-20-5-4-18(3-2-8(12)17-19)11-9-10(14-6-13-9)15-7-16-11/h6-7,19H,2-5H2,1H3,(H2,12,17)(H,13,14,15,16). The zero-order valence-corrected chi connectivity index (χ0v) is 11.2. The predicted molar refractivity (Wildman–Crippen MR) is 73.8 cm³/mol. The molecule has 0 aromatic carbocycles. The Kier molecular flexibility index (Phi) is 4.66. The van der Waals surface area contributed by atoms with Crippen LogP contribution < -0.4 is 10.6 Å². The van der Waals surface area contributed by atoms with Crippen molar-refractivity contribution in [2.45, 2.75) is 6.42 Å². The predicted octanol–water partition coefficient (Wildman–Crippen LogP) is -0.0578. The molecule has 20 heavy (non-hydrogen) atoms. The number of methoxy groups -OCH3 is 1. The third-order valence-electron chi connectivity index (χ3n) is 2.83. The van der Waals surface area contributed by atoms with Crippen LogP contribution in [0.15, 0.2) is 17.8 Å². The van der Waals surface area contributed by atoms with Crippen molar-refractivity contribution in [2.24, 2.45) is 10.9 Å². The van der Waals surface area contributed by atoms with E-state index in [0.29, 0.717) is 31.8 Å². The number of hydrogen-bond donors (Lipinski definition) is 3. The van der Waals surface area contributed by atoms with Crippen LogP contribution in [0.1, 0.15) is 6.42 Å². The van der Waals surface area contributed by atoms with Gasteiger partial charge in [-0.25, -0.2) is 15.0 Å². The van der Waals surface area contributed by atoms with E-state index in [2.05, 4.69) is 25.1 Å². The Balaban J connectivity index is 2.22. The number of rotatable bonds is 7. The smallest absolute Gasteiger partial charge is 0.182 e. The number of anilines is 1. The molecule has 0 atom stereocenters. The van der Waals surface area contributed by atoms with Gasteiger partial charge in [-0.15, -0.1) is 0 Å². The largest absolute Gasteiger partial charge is 0.409 e. The zero-order valence-electron chi connectivity index (χ0n) is 11.2. The number of nitrogens with two attached hydrogens (primary N) is 1. The molecule has 0 radical (unpaired) electrons. The lowest BCUT2D eigenvalue weighted by Gasteiger charge is -2.23. The van der Waals surface area contributed by atoms with Gasteiger partial charge in [0.05, 0.1) is 12.9 Å². The Labute approximate surface area is 115 Å². The molecule has 2 rings (SSSR count). The van der Waals surface area contributed by atoms with Crippen LogP contribution in [-0.4, -0.2) is 57.8 Å². The monoisotopic (exact) mass is 279 g/mol. The van der Waals surface area contributed by atoms with Crippen molar-refractivity contribution in [3.05, 3.63) is 12.7 Å². The zero-order chi connectivity index (χ0) is 14.4. The van der Waals surface area contributed by atoms with Gasteiger partial charge in [0, 0.05) is 26.6 Å². The molecule has 0 aliphatic heterocycles. The number of aromatic nitrogens is 4. The molecular weight excluding hydrogens is 262 g/mol. The first-order valence-corrected chi connectivity index (χ1v) is 6.10. The average Bonchev–Trinajstić information content (AvgIpc) is 2.95. The maximum Gasteiger partial charge on any atom is 0.182 e. The third-order valence-corrected chi connectivity index (χ3v) is 2.83. The maximum absolute atomic E-state index is 8.61. The Hall–Kier alpha value is -2.42. The van der Waals surface area contributed by atoms with Gasteiger partial charge in [0.1, 0.15) is 17.7 Å². The second kappa shape index (κ2) is 6.66. The summed E-state index contributed by atoms with van der Waals surface area (Å²) in [5, 5.41) is 11.6. The molecule has 0 bridgehead atoms. The number of nitrogens with one attached hydrogen (secondary N) is 1. The van der Waals surface area contributed by atoms with Gasteiger partial charge >= 0.3 is 0 Å². The highest BCUT2D eigenvalue weighted by Crippen LogP contribution is 2.19. The molecule has 0 amide bonds. The molecule has 0 fully saturated rings. The molecule has 0 spiro atoms. The number of hydrogen-bond acceptors (Lipinski definition) is 7. The van der Waals surface area contributed by atoms with Crippen LogP contribution in [0, 0.1) is 0 Å². The van der Waals surface area contributed by atoms with E-state index in [4.69, 9.17) is 15.7 Å². The first kappa shape index (κ1) is 14.0. The molecule has 0 aliphatic rings. The topological polar surface area (TPSA) is 126 Å². The van der Waals surface area contributed by atoms with Crippen LogP contribution in [0.5, 0.6) is 0 Å². The quantitative estimate of drug-likeness (QED) is 0.280. The molecule has 0 saturated heterocycles. The van der Waals surface area contributed by atoms with Crippen molar-refractivity contribution in [2.75, 3.05) is 31.7 Å². The fourth-order valence-electron chi connectivity index (χ4n) is 1.82. The lowest BCUT2D eigenvalue weighted by molar-refractivity contribution is 0.205. The highest BCUT2D eigenvalue weighted by atomic mass is 16.5. The molecule has 2 heterocycles. The molecule has 0 aliphatic carbocycles. The molecule has 0 saturated carbocycles. The summed E-state index contributed by atoms with van der Waals surface area (Å²) >= 11 is 0. The van der Waals surface area contributed by atoms with Crippen molar-refractivity contribution in [1.82, 2.24) is 19.9 Å². The van der Waals surface area contributed by atoms with Gasteiger partial charge in [-0.2, -0.15) is 0 Å². The Morgan fingerprint density at radius 3 is 3.05 bits per heavy atom. The molecule has 2 aromatic rings. The summed E-state index contributed by atoms with van der Waals surface area (Å²) in [4.78, 5) is 17.5. The summed E-state index contributed by atoms with van der Waals surface area (Å²) in [6, 6.07) is 0. The highest BCUT2D eigenvalue weighted by Gasteiger charge is 2.14. The second-order valence-electron chi connectivity index (χ2n) is 4.12. The van der Waals surface area contributed by atoms with E-state index in [9.17, 15) is 0 Å². The van der Waals surface area contributed by atoms with Crippen LogP contribution in [0.4, 0.5) is 5.82 Å². The van der Waals surface area contributed by atoms with Gasteiger partial charge in [-0.1, -0.05) is 5.16 Å². The van der Waals surface area contributed by atoms with Crippen molar-refractivity contribution in [3.63, 3.8) is 0 Å². The Morgan fingerprint density at radius 2 is 2.30 bits per heavy atom. The van der Waals surface area contributed by atoms with E-state index in [0.717, 1.165) is 11.3 Å². The molecular formula is C11H17N7O2. The fourth-order valence-corrected chi connectivity index (χ4v) is 1.82. The summed E-state index contributed by atoms with van der Waals surface area (Å²) < 4.78 is 5.10. The second-order valence-corrected chi connectivity index (χ2v) is 4.12. The maximum atomic E-state index is 8.61. The van der Waals surface area contributed by atoms with Gasteiger partial charge in [-0.3, -0.25) is 0 Å². The van der Waals surface area contributed by atoms with Crippen molar-refractivity contribution < 1.29 is 9.94 Å². The van der Waals surface area contributed by atoms with Gasteiger partial charge < -0.3 is 25.6 Å². The number of amidine groups is 1. The fraction of sp³-hybridized carbons (Fsp3) is 0.455. The van der Waals surface area contributed by atoms with Crippen LogP contribution in [0.2, 0.25) is 0 Å². The van der Waals surface area contributed by atoms with E-state index in [1.807, 2.05) is 4.90 Å². The first-order valence-electron chi connectivity index (χ1n) is 6.10. The van der Waals surface area contributed by atoms with Gasteiger partial charge in [-0.05, 0) is 0 Å². The van der Waals surface area contributed by atoms with Crippen LogP contribution in [0.25, 0.3) is 11.2 Å². The van der Waals surface area contributed by atoms with Crippen molar-refractivity contribution in [1.29, 1.82) is 0 Å². The Morgan fingerprint density at radius 1 is 1.45 bits per heavy atom. The summed E-state index contributed by atoms with van der Waals surface area (Å²) in [5.41, 5.74) is 6.86. The number of oxime groups is 1. The number of H-pyrrole nitrogens is 1. The van der Waals surface area contributed by atoms with E-state index in [1.54, 1.807) is 13.4 Å². The lowest BCUT2D eigenvalue weighted by Crippen LogP contribution is -2.32. The van der Waals surface area contributed by atoms with Gasteiger partial charge in [0.2, 0.25) is 0 Å². The number of imidazole rings is 1. The van der Waals surface area contributed by atoms with Crippen molar-refractivity contribution >= 4 is 22.8 Å². The minimum Gasteiger partial charge on any atom is -0.409 e. The van der Waals surface area contributed by atoms with E-state index < -0.39 is 0 Å². The molecule has 2 aromatic heterocycles. The number of fused-ring (bicyclic) bond motifs is 1. The lowest BCUT2D eigenvalue weighted by atomic mass is 10.3. The molecule has 0 unspecified atom stereocenters. The summed E-state index contributed by atoms with van der Waals surface area (Å²) in [6.45, 7) is 1.71. The normalized spacial score (nSPS) is 11.9. The van der Waals surface area contributed by atoms with E-state index in [1.165, 1.54) is 6.33 Å². The van der Waals surface area contributed by atoms with E-state index in [-0.39, 0.29) is 5.84 Å². The SMILES string of the molecule is COCCN(CCC(N)=NO)c1ncnc2nc[nH]c12. The van der Waals surface area contributed by atoms with Crippen LogP contribution in [-0.2, 0) is 4.74 Å². The van der Waals surface area contributed by atoms with Gasteiger partial charge in [0.15, 0.2) is 11.5 Å². The third kappa shape index (κ3) is 3.12. The van der Waals surface area contributed by atoms with Crippen LogP contribution >= 0.6 is 0 Å². The molecule has 9 heteroatoms. The summed E-state index contributed by atoms with van der Waals surface area (Å²) in [5.74, 6) is 0.887. The molecule has 108 valence electrons. The number of ether oxygens (including phenoxy) is 1. The number of aromatic amines is 1. The average molecular weight is 279 g/mol. The minimum atomic E-state index is 0.169. The van der Waals surface area contributed by atoms with Gasteiger partial charge in [0.25, 0.3) is 0 Å². The summed E-state index contributed by atoms with van der Waals surface area (Å²) in [6.07, 6.45) is 3.45. The first-order chi connectivity index (χ1) is 9.76. The number of nitrogens with zero attached hydrogens (tertiary/aromatic N) is 5. The molecule has 4 N–H and O–H groups in total.